The molecule has 0 fully saturated rings. The van der Waals surface area contributed by atoms with Crippen LogP contribution in [0.15, 0.2) is 101 Å². The number of aliphatic hydroxyl groups excluding tert-OH is 1. The van der Waals surface area contributed by atoms with Crippen molar-refractivity contribution in [2.45, 2.75) is 0 Å². The highest BCUT2D eigenvalue weighted by Gasteiger charge is 2.20. The molecule has 0 saturated heterocycles. The van der Waals surface area contributed by atoms with Gasteiger partial charge in [0.2, 0.25) is 0 Å². The van der Waals surface area contributed by atoms with Crippen molar-refractivity contribution in [3.8, 4) is 22.8 Å². The van der Waals surface area contributed by atoms with E-state index in [1.165, 1.54) is 10.6 Å². The van der Waals surface area contributed by atoms with Gasteiger partial charge < -0.3 is 57.8 Å². The van der Waals surface area contributed by atoms with Crippen molar-refractivity contribution in [1.82, 2.24) is 19.1 Å². The Morgan fingerprint density at radius 2 is 1.00 bits per heavy atom. The molecule has 3 aromatic carbocycles. The summed E-state index contributed by atoms with van der Waals surface area (Å²) in [5.74, 6) is -0.620. The Morgan fingerprint density at radius 1 is 0.587 bits per heavy atom. The summed E-state index contributed by atoms with van der Waals surface area (Å²) in [5, 5.41) is 17.3. The molecular weight excluding hydrogens is 821 g/mol. The molecule has 0 bridgehead atoms. The lowest BCUT2D eigenvalue weighted by molar-refractivity contribution is -0.131. The van der Waals surface area contributed by atoms with Gasteiger partial charge in [-0.1, -0.05) is 60.7 Å². The lowest BCUT2D eigenvalue weighted by atomic mass is 10.1. The molecule has 5 aromatic rings. The molecule has 0 amide bonds. The number of hydrogen-bond donors (Lipinski definition) is 3. The molecule has 0 radical (unpaired) electrons. The summed E-state index contributed by atoms with van der Waals surface area (Å²) in [6.07, 6.45) is 2.54. The van der Waals surface area contributed by atoms with Gasteiger partial charge in [-0.3, -0.25) is 4.79 Å². The van der Waals surface area contributed by atoms with E-state index in [0.717, 1.165) is 10.6 Å². The number of hydrogen-bond acceptors (Lipinski definition) is 14. The molecule has 2 heterocycles. The minimum atomic E-state index is -1.03. The van der Waals surface area contributed by atoms with Crippen LogP contribution in [0.1, 0.15) is 5.56 Å². The first-order valence-electron chi connectivity index (χ1n) is 20.6. The van der Waals surface area contributed by atoms with E-state index in [4.69, 9.17) is 52.8 Å². The van der Waals surface area contributed by atoms with E-state index in [-0.39, 0.29) is 17.8 Å². The fourth-order valence-corrected chi connectivity index (χ4v) is 5.58. The molecule has 0 saturated carbocycles. The molecule has 2 aromatic heterocycles. The lowest BCUT2D eigenvalue weighted by Gasteiger charge is -2.11. The van der Waals surface area contributed by atoms with Gasteiger partial charge in [-0.05, 0) is 35.9 Å². The highest BCUT2D eigenvalue weighted by Crippen LogP contribution is 2.21. The summed E-state index contributed by atoms with van der Waals surface area (Å²) < 4.78 is 50.0. The van der Waals surface area contributed by atoms with Crippen molar-refractivity contribution in [2.75, 3.05) is 126 Å². The molecule has 63 heavy (non-hydrogen) atoms. The van der Waals surface area contributed by atoms with E-state index in [1.807, 2.05) is 24.3 Å². The average molecular weight is 879 g/mol. The minimum absolute atomic E-state index is 0.0322. The highest BCUT2D eigenvalue weighted by atomic mass is 16.6. The second kappa shape index (κ2) is 30.6. The monoisotopic (exact) mass is 878 g/mol. The molecule has 18 heteroatoms. The van der Waals surface area contributed by atoms with E-state index in [9.17, 15) is 14.4 Å². The number of carboxylic acid groups (broad SMARTS) is 1. The summed E-state index contributed by atoms with van der Waals surface area (Å²) in [5.41, 5.74) is 1.80. The maximum absolute atomic E-state index is 13.5. The van der Waals surface area contributed by atoms with Gasteiger partial charge in [-0.25, -0.2) is 23.7 Å². The molecule has 0 aliphatic heterocycles. The first-order valence-corrected chi connectivity index (χ1v) is 20.6. The van der Waals surface area contributed by atoms with Crippen LogP contribution in [0.4, 0.5) is 0 Å². The van der Waals surface area contributed by atoms with E-state index in [1.54, 1.807) is 67.8 Å². The Hall–Kier alpha value is -5.38. The van der Waals surface area contributed by atoms with Gasteiger partial charge in [0.05, 0.1) is 130 Å². The highest BCUT2D eigenvalue weighted by molar-refractivity contribution is 5.85. The van der Waals surface area contributed by atoms with Crippen LogP contribution in [-0.2, 0) is 47.4 Å². The molecule has 0 aliphatic rings. The van der Waals surface area contributed by atoms with Gasteiger partial charge in [0, 0.05) is 18.7 Å². The summed E-state index contributed by atoms with van der Waals surface area (Å²) in [6, 6.07) is 24.8. The van der Waals surface area contributed by atoms with Crippen molar-refractivity contribution >= 4 is 23.2 Å². The number of nitrogens with one attached hydrogen (secondary N) is 1. The Labute approximate surface area is 365 Å². The van der Waals surface area contributed by atoms with Crippen LogP contribution in [0.25, 0.3) is 40.0 Å². The number of aromatic nitrogens is 4. The van der Waals surface area contributed by atoms with Crippen molar-refractivity contribution in [3.05, 3.63) is 117 Å². The zero-order valence-electron chi connectivity index (χ0n) is 35.6. The second-order valence-electron chi connectivity index (χ2n) is 13.1. The molecular formula is C45H58N4O14. The van der Waals surface area contributed by atoms with Crippen LogP contribution < -0.4 is 11.2 Å². The fourth-order valence-electron chi connectivity index (χ4n) is 5.58. The van der Waals surface area contributed by atoms with Gasteiger partial charge in [0.15, 0.2) is 11.2 Å². The van der Waals surface area contributed by atoms with Crippen molar-refractivity contribution in [3.63, 3.8) is 0 Å². The molecule has 342 valence electrons. The number of aliphatic hydroxyl groups is 1. The predicted molar refractivity (Wildman–Crippen MR) is 235 cm³/mol. The van der Waals surface area contributed by atoms with Crippen LogP contribution in [0, 0.1) is 0 Å². The number of methoxy groups -OCH3 is 1. The molecule has 3 N–H and O–H groups in total. The summed E-state index contributed by atoms with van der Waals surface area (Å²) in [6.45, 7) is 8.90. The summed E-state index contributed by atoms with van der Waals surface area (Å²) in [7, 11) is 1.64. The molecule has 18 nitrogen and oxygen atoms in total. The molecule has 0 spiro atoms. The number of para-hydroxylation sites is 2. The zero-order chi connectivity index (χ0) is 44.7. The maximum atomic E-state index is 13.5. The fraction of sp³-hybridized carbons (Fsp3) is 0.422. The third-order valence-electron chi connectivity index (χ3n) is 8.60. The largest absolute Gasteiger partial charge is 0.478 e. The number of H-pyrrole nitrogens is 1. The summed E-state index contributed by atoms with van der Waals surface area (Å²) >= 11 is 0. The Bertz CT molecular complexity index is 2120. The number of aliphatic carboxylic acids is 1. The Kier molecular flexibility index (Phi) is 24.4. The molecule has 5 rings (SSSR count). The van der Waals surface area contributed by atoms with Crippen LogP contribution in [0.2, 0.25) is 0 Å². The third kappa shape index (κ3) is 18.5. The molecule has 0 unspecified atom stereocenters. The zero-order valence-corrected chi connectivity index (χ0v) is 35.6. The Balaban J connectivity index is 0.000000282. The van der Waals surface area contributed by atoms with E-state index >= 15 is 0 Å². The van der Waals surface area contributed by atoms with Gasteiger partial charge in [-0.15, -0.1) is 0 Å². The van der Waals surface area contributed by atoms with Crippen LogP contribution in [0.3, 0.4) is 0 Å². The van der Waals surface area contributed by atoms with Crippen LogP contribution >= 0.6 is 0 Å². The standard InChI is InChI=1S/C26H18N4O4.C19H40O10/c31-21(32)16-13-17-11-14-18(15-12-17)23-27-22-24(28-23)29(19-7-3-1-4-8-19)26(34)30(25(22)33)20-9-5-2-6-10-20;1-21-4-5-23-8-9-25-12-13-27-16-17-29-19-18-28-15-14-26-11-10-24-7-6-22-3-2-20/h1-16H,(H,27,28)(H,31,32);20H,2-19H2,1H3/b16-13+;. The number of fused-ring (bicyclic) bond motifs is 1. The van der Waals surface area contributed by atoms with Gasteiger partial charge in [0.25, 0.3) is 5.56 Å². The van der Waals surface area contributed by atoms with Gasteiger partial charge >= 0.3 is 11.7 Å². The van der Waals surface area contributed by atoms with Crippen molar-refractivity contribution in [2.24, 2.45) is 0 Å². The minimum Gasteiger partial charge on any atom is -0.478 e. The predicted octanol–water partition coefficient (Wildman–Crippen LogP) is 3.39. The second-order valence-corrected chi connectivity index (χ2v) is 13.1. The number of benzene rings is 3. The van der Waals surface area contributed by atoms with E-state index in [2.05, 4.69) is 9.97 Å². The quantitative estimate of drug-likeness (QED) is 0.0430. The number of nitrogens with zero attached hydrogens (tertiary/aromatic N) is 3. The van der Waals surface area contributed by atoms with Crippen molar-refractivity contribution in [1.29, 1.82) is 0 Å². The first kappa shape index (κ1) is 50.3. The number of carbonyl (C=O) groups is 1. The molecule has 0 aliphatic carbocycles. The number of rotatable bonds is 31. The molecule has 0 atom stereocenters. The topological polar surface area (TPSA) is 213 Å². The maximum Gasteiger partial charge on any atom is 0.342 e. The Morgan fingerprint density at radius 3 is 1.41 bits per heavy atom. The number of imidazole rings is 1. The SMILES string of the molecule is COCCOCCOCCOCCOCCOCCOCCOCCOCCO.O=C(O)/C=C/c1ccc(-c2nc3c([nH]2)c(=O)n(-c2ccccc2)c(=O)n3-c2ccccc2)cc1. The van der Waals surface area contributed by atoms with Crippen molar-refractivity contribution < 1.29 is 57.6 Å². The smallest absolute Gasteiger partial charge is 0.342 e. The number of aromatic amines is 1. The summed E-state index contributed by atoms with van der Waals surface area (Å²) in [4.78, 5) is 45.4. The third-order valence-corrected chi connectivity index (χ3v) is 8.60. The lowest BCUT2D eigenvalue weighted by Crippen LogP contribution is -2.38. The normalized spacial score (nSPS) is 11.3. The van der Waals surface area contributed by atoms with E-state index in [0.29, 0.717) is 141 Å². The van der Waals surface area contributed by atoms with Gasteiger partial charge in [-0.2, -0.15) is 0 Å². The number of carboxylic acids is 1. The van der Waals surface area contributed by atoms with Crippen LogP contribution in [-0.4, -0.2) is 161 Å². The number of ether oxygens (including phenoxy) is 9. The van der Waals surface area contributed by atoms with E-state index < -0.39 is 17.2 Å². The van der Waals surface area contributed by atoms with Gasteiger partial charge in [0.1, 0.15) is 5.82 Å². The van der Waals surface area contributed by atoms with Crippen LogP contribution in [0.5, 0.6) is 0 Å². The first-order chi connectivity index (χ1) is 30.9. The average Bonchev–Trinajstić information content (AvgIpc) is 3.75.